The van der Waals surface area contributed by atoms with E-state index >= 15 is 0 Å². The fraction of sp³-hybridized carbons (Fsp3) is 0.381. The summed E-state index contributed by atoms with van der Waals surface area (Å²) >= 11 is 0. The van der Waals surface area contributed by atoms with Crippen LogP contribution in [-0.2, 0) is 4.79 Å². The molecule has 28 heavy (non-hydrogen) atoms. The summed E-state index contributed by atoms with van der Waals surface area (Å²) in [6, 6.07) is 7.50. The van der Waals surface area contributed by atoms with Gasteiger partial charge in [-0.1, -0.05) is 12.1 Å². The molecule has 1 amide bonds. The maximum absolute atomic E-state index is 12.4. The zero-order valence-electron chi connectivity index (χ0n) is 16.7. The third kappa shape index (κ3) is 5.00. The van der Waals surface area contributed by atoms with Crippen molar-refractivity contribution in [2.75, 3.05) is 49.4 Å². The molecule has 1 aromatic heterocycles. The van der Waals surface area contributed by atoms with Gasteiger partial charge in [0, 0.05) is 33.3 Å². The molecule has 1 aliphatic rings. The van der Waals surface area contributed by atoms with Crippen LogP contribution in [-0.4, -0.2) is 50.2 Å². The largest absolute Gasteiger partial charge is 0.497 e. The number of piperidine rings is 1. The Kier molecular flexibility index (Phi) is 6.47. The summed E-state index contributed by atoms with van der Waals surface area (Å²) in [6.45, 7) is 1.95. The zero-order chi connectivity index (χ0) is 19.9. The van der Waals surface area contributed by atoms with Crippen LogP contribution in [0.15, 0.2) is 36.5 Å². The maximum Gasteiger partial charge on any atom is 0.248 e. The van der Waals surface area contributed by atoms with Crippen LogP contribution in [0.4, 0.5) is 17.5 Å². The van der Waals surface area contributed by atoms with Gasteiger partial charge in [-0.3, -0.25) is 4.79 Å². The Morgan fingerprint density at radius 2 is 1.89 bits per heavy atom. The molecule has 1 aromatic carbocycles. The average Bonchev–Trinajstić information content (AvgIpc) is 2.73. The first kappa shape index (κ1) is 19.7. The van der Waals surface area contributed by atoms with Crippen LogP contribution < -0.4 is 19.9 Å². The summed E-state index contributed by atoms with van der Waals surface area (Å²) in [5, 5.41) is 2.88. The monoisotopic (exact) mass is 381 g/mol. The quantitative estimate of drug-likeness (QED) is 0.775. The normalized spacial score (nSPS) is 14.2. The van der Waals surface area contributed by atoms with E-state index in [1.54, 1.807) is 19.4 Å². The smallest absolute Gasteiger partial charge is 0.248 e. The van der Waals surface area contributed by atoms with E-state index in [-0.39, 0.29) is 5.91 Å². The van der Waals surface area contributed by atoms with E-state index in [4.69, 9.17) is 4.74 Å². The highest BCUT2D eigenvalue weighted by Crippen LogP contribution is 2.25. The van der Waals surface area contributed by atoms with Crippen molar-refractivity contribution >= 4 is 29.4 Å². The predicted molar refractivity (Wildman–Crippen MR) is 113 cm³/mol. The third-order valence-electron chi connectivity index (χ3n) is 4.62. The highest BCUT2D eigenvalue weighted by atomic mass is 16.5. The van der Waals surface area contributed by atoms with E-state index < -0.39 is 0 Å². The highest BCUT2D eigenvalue weighted by Gasteiger charge is 2.17. The Labute approximate surface area is 166 Å². The van der Waals surface area contributed by atoms with Gasteiger partial charge in [-0.15, -0.1) is 0 Å². The lowest BCUT2D eigenvalue weighted by molar-refractivity contribution is -0.111. The summed E-state index contributed by atoms with van der Waals surface area (Å²) in [6.07, 6.45) is 8.52. The molecule has 0 radical (unpaired) electrons. The lowest BCUT2D eigenvalue weighted by Gasteiger charge is -2.27. The molecule has 0 aliphatic carbocycles. The van der Waals surface area contributed by atoms with E-state index in [2.05, 4.69) is 20.2 Å². The number of aromatic nitrogens is 2. The number of amides is 1. The summed E-state index contributed by atoms with van der Waals surface area (Å²) in [5.74, 6) is 1.97. The first-order chi connectivity index (χ1) is 13.6. The maximum atomic E-state index is 12.4. The van der Waals surface area contributed by atoms with Crippen LogP contribution in [0, 0.1) is 0 Å². The van der Waals surface area contributed by atoms with Crippen molar-refractivity contribution in [1.82, 2.24) is 9.97 Å². The fourth-order valence-corrected chi connectivity index (χ4v) is 3.10. The minimum absolute atomic E-state index is 0.228. The molecule has 1 fully saturated rings. The number of anilines is 3. The van der Waals surface area contributed by atoms with Crippen LogP contribution in [0.3, 0.4) is 0 Å². The number of hydrogen-bond donors (Lipinski definition) is 1. The first-order valence-corrected chi connectivity index (χ1v) is 9.49. The SMILES string of the molecule is COc1ccc(/C=C/C(=O)Nc2cnc(N3CCCCC3)nc2N(C)C)cc1. The fourth-order valence-electron chi connectivity index (χ4n) is 3.10. The minimum atomic E-state index is -0.228. The Bertz CT molecular complexity index is 827. The minimum Gasteiger partial charge on any atom is -0.497 e. The lowest BCUT2D eigenvalue weighted by atomic mass is 10.1. The topological polar surface area (TPSA) is 70.6 Å². The van der Waals surface area contributed by atoms with E-state index in [0.717, 1.165) is 43.2 Å². The van der Waals surface area contributed by atoms with Crippen LogP contribution in [0.25, 0.3) is 6.08 Å². The van der Waals surface area contributed by atoms with E-state index in [1.807, 2.05) is 43.3 Å². The molecule has 2 heterocycles. The summed E-state index contributed by atoms with van der Waals surface area (Å²) < 4.78 is 5.14. The van der Waals surface area contributed by atoms with Gasteiger partial charge in [-0.05, 0) is 43.0 Å². The van der Waals surface area contributed by atoms with Gasteiger partial charge in [0.15, 0.2) is 5.82 Å². The average molecular weight is 381 g/mol. The third-order valence-corrected chi connectivity index (χ3v) is 4.62. The van der Waals surface area contributed by atoms with Crippen molar-refractivity contribution in [3.63, 3.8) is 0 Å². The number of nitrogens with zero attached hydrogens (tertiary/aromatic N) is 4. The van der Waals surface area contributed by atoms with Crippen molar-refractivity contribution in [1.29, 1.82) is 0 Å². The summed E-state index contributed by atoms with van der Waals surface area (Å²) in [5.41, 5.74) is 1.51. The number of rotatable bonds is 6. The molecular formula is C21H27N5O2. The van der Waals surface area contributed by atoms with Crippen molar-refractivity contribution in [2.45, 2.75) is 19.3 Å². The van der Waals surface area contributed by atoms with Gasteiger partial charge in [0.05, 0.1) is 13.3 Å². The van der Waals surface area contributed by atoms with Crippen molar-refractivity contribution in [3.8, 4) is 5.75 Å². The van der Waals surface area contributed by atoms with Crippen molar-refractivity contribution < 1.29 is 9.53 Å². The van der Waals surface area contributed by atoms with Crippen LogP contribution in [0.1, 0.15) is 24.8 Å². The number of nitrogens with one attached hydrogen (secondary N) is 1. The summed E-state index contributed by atoms with van der Waals surface area (Å²) in [7, 11) is 5.44. The van der Waals surface area contributed by atoms with Crippen LogP contribution >= 0.6 is 0 Å². The number of hydrogen-bond acceptors (Lipinski definition) is 6. The molecule has 1 saturated heterocycles. The number of benzene rings is 1. The molecule has 7 nitrogen and oxygen atoms in total. The van der Waals surface area contributed by atoms with Gasteiger partial charge < -0.3 is 19.9 Å². The highest BCUT2D eigenvalue weighted by molar-refractivity contribution is 6.03. The molecule has 0 spiro atoms. The molecule has 7 heteroatoms. The molecule has 148 valence electrons. The molecular weight excluding hydrogens is 354 g/mol. The van der Waals surface area contributed by atoms with E-state index in [9.17, 15) is 4.79 Å². The standard InChI is InChI=1S/C21H27N5O2/c1-25(2)20-18(15-22-21(24-20)26-13-5-4-6-14-26)23-19(27)12-9-16-7-10-17(28-3)11-8-16/h7-12,15H,4-6,13-14H2,1-3H3,(H,23,27)/b12-9+. The Morgan fingerprint density at radius 3 is 2.54 bits per heavy atom. The first-order valence-electron chi connectivity index (χ1n) is 9.49. The molecule has 0 saturated carbocycles. The molecule has 0 unspecified atom stereocenters. The molecule has 2 aromatic rings. The Balaban J connectivity index is 1.71. The Morgan fingerprint density at radius 1 is 1.18 bits per heavy atom. The molecule has 3 rings (SSSR count). The molecule has 0 bridgehead atoms. The van der Waals surface area contributed by atoms with Gasteiger partial charge in [0.2, 0.25) is 11.9 Å². The number of ether oxygens (including phenoxy) is 1. The van der Waals surface area contributed by atoms with Gasteiger partial charge in [0.1, 0.15) is 11.4 Å². The predicted octanol–water partition coefficient (Wildman–Crippen LogP) is 3.19. The second-order valence-corrected chi connectivity index (χ2v) is 6.95. The zero-order valence-corrected chi connectivity index (χ0v) is 16.7. The van der Waals surface area contributed by atoms with Gasteiger partial charge in [-0.25, -0.2) is 4.98 Å². The second kappa shape index (κ2) is 9.21. The number of carbonyl (C=O) groups excluding carboxylic acids is 1. The van der Waals surface area contributed by atoms with Gasteiger partial charge in [0.25, 0.3) is 0 Å². The Hall–Kier alpha value is -3.09. The number of carbonyl (C=O) groups is 1. The lowest BCUT2D eigenvalue weighted by Crippen LogP contribution is -2.31. The summed E-state index contributed by atoms with van der Waals surface area (Å²) in [4.78, 5) is 25.6. The van der Waals surface area contributed by atoms with Crippen molar-refractivity contribution in [3.05, 3.63) is 42.1 Å². The van der Waals surface area contributed by atoms with Crippen molar-refractivity contribution in [2.24, 2.45) is 0 Å². The second-order valence-electron chi connectivity index (χ2n) is 6.95. The van der Waals surface area contributed by atoms with Gasteiger partial charge in [-0.2, -0.15) is 4.98 Å². The number of methoxy groups -OCH3 is 1. The molecule has 0 atom stereocenters. The van der Waals surface area contributed by atoms with E-state index in [1.165, 1.54) is 12.5 Å². The molecule has 1 aliphatic heterocycles. The molecule has 1 N–H and O–H groups in total. The van der Waals surface area contributed by atoms with Crippen LogP contribution in [0.2, 0.25) is 0 Å². The van der Waals surface area contributed by atoms with E-state index in [0.29, 0.717) is 11.5 Å². The van der Waals surface area contributed by atoms with Gasteiger partial charge >= 0.3 is 0 Å². The van der Waals surface area contributed by atoms with Crippen LogP contribution in [0.5, 0.6) is 5.75 Å².